The number of methoxy groups -OCH3 is 2. The summed E-state index contributed by atoms with van der Waals surface area (Å²) in [6.45, 7) is 10.2. The van der Waals surface area contributed by atoms with Crippen LogP contribution in [0.1, 0.15) is 98.5 Å². The van der Waals surface area contributed by atoms with E-state index in [2.05, 4.69) is 23.8 Å². The number of aliphatic carboxylic acids is 2. The molecule has 2 unspecified atom stereocenters. The molecule has 6 amide bonds. The molecule has 0 aliphatic carbocycles. The van der Waals surface area contributed by atoms with Gasteiger partial charge in [-0.05, 0) is 93.5 Å². The van der Waals surface area contributed by atoms with Crippen molar-refractivity contribution in [2.45, 2.75) is 151 Å². The summed E-state index contributed by atoms with van der Waals surface area (Å²) in [4.78, 5) is 113. The maximum absolute atomic E-state index is 14.5. The van der Waals surface area contributed by atoms with Gasteiger partial charge in [0.15, 0.2) is 47.7 Å². The average Bonchev–Trinajstić information content (AvgIpc) is 1.60. The van der Waals surface area contributed by atoms with Gasteiger partial charge in [-0.2, -0.15) is 0 Å². The average molecular weight is 1450 g/mol. The number of nitrogens with zero attached hydrogens (tertiary/aromatic N) is 4. The van der Waals surface area contributed by atoms with Crippen LogP contribution in [0.3, 0.4) is 0 Å². The van der Waals surface area contributed by atoms with E-state index < -0.39 is 159 Å². The molecule has 0 radical (unpaired) electrons. The molecule has 35 heteroatoms. The second kappa shape index (κ2) is 32.2. The van der Waals surface area contributed by atoms with E-state index in [4.69, 9.17) is 47.4 Å². The Bertz CT molecular complexity index is 3930. The minimum Gasteiger partial charge on any atom is -0.504 e. The highest BCUT2D eigenvalue weighted by atomic mass is 16.7. The highest BCUT2D eigenvalue weighted by Crippen LogP contribution is 2.45. The van der Waals surface area contributed by atoms with E-state index in [9.17, 15) is 94.5 Å². The molecule has 0 bridgehead atoms. The zero-order valence-corrected chi connectivity index (χ0v) is 56.1. The quantitative estimate of drug-likeness (QED) is 0.0319. The van der Waals surface area contributed by atoms with Crippen molar-refractivity contribution >= 4 is 59.1 Å². The fraction of sp³-hybridized carbons (Fsp3) is 0.471. The standard InChI is InChI=1S/C68H80N6O29/c1-30(2)70-58(83)38-21-34(11-13-45(38)101-66-54(81)50(77)52(79)56(103-66)64(90)91)29-99-68(93)74-40-25-48(47(95-6)23-36(40)60(85)72-27-32(4)19-42(72)62(74)87)97-16-9-7-8-15-96-46-24-39-35(22-43(46)75)59(84)71-26-31(3)18-41(71)61(86)73(39)67(92)98-28-33-10-12-44(37(20-33)57(82)69-14-17-94-5)100-65-53(80)49(76)51(78)55(102-65)63(88)89/h10-13,20-25,30,41-42,49-56,61-62,65-66,75-81,86-87H,3-4,7-9,14-19,26-29H2,1-2,5-6H3,(H,69,82)(H,70,83)(H,88,89)(H,90,91)/t41-,42-,49-,50-,51-,52-,53+,54+,55-,56-,61?,62?,65+,66+/m0/s1. The van der Waals surface area contributed by atoms with Crippen molar-refractivity contribution in [3.8, 4) is 34.5 Å². The van der Waals surface area contributed by atoms with Crippen LogP contribution in [0, 0.1) is 0 Å². The maximum Gasteiger partial charge on any atom is 0.416 e. The first-order valence-electron chi connectivity index (χ1n) is 32.6. The number of nitrogens with one attached hydrogen (secondary N) is 2. The highest BCUT2D eigenvalue weighted by molar-refractivity contribution is 6.07. The molecule has 6 heterocycles. The van der Waals surface area contributed by atoms with Crippen LogP contribution in [0.15, 0.2) is 85.0 Å². The number of hydrogen-bond donors (Lipinski definition) is 13. The van der Waals surface area contributed by atoms with Gasteiger partial charge in [0.2, 0.25) is 12.6 Å². The SMILES string of the molecule is C=C1C[C@H]2C(O)N(C(=O)OCc3ccc(O[C@@H]4O[C@H](C(=O)O)[C@@H](O)[C@H](O)[C@H]4O)c(C(=O)NCCOC)c3)c3cc(OCCCCCOc4cc5c(cc4OC)C(=O)N4CC(=C)C[C@H]4C(O)N5C(=O)OCc4ccc(O[C@@H]5O[C@H](C(=O)O)[C@@H](O)[C@H](O)[C@H]5O)c(C(=O)NC(C)C)c4)c(O)cc3C(=O)N2C1. The Morgan fingerprint density at radius 3 is 1.48 bits per heavy atom. The van der Waals surface area contributed by atoms with Crippen molar-refractivity contribution in [1.82, 2.24) is 20.4 Å². The van der Waals surface area contributed by atoms with E-state index in [1.165, 1.54) is 78.6 Å². The Kier molecular flexibility index (Phi) is 23.7. The third kappa shape index (κ3) is 16.2. The first-order chi connectivity index (χ1) is 49.0. The molecule has 0 spiro atoms. The predicted octanol–water partition coefficient (Wildman–Crippen LogP) is 0.577. The Morgan fingerprint density at radius 2 is 1.02 bits per heavy atom. The van der Waals surface area contributed by atoms with E-state index in [1.807, 2.05) is 0 Å². The van der Waals surface area contributed by atoms with Gasteiger partial charge in [0.25, 0.3) is 23.6 Å². The van der Waals surface area contributed by atoms with Crippen LogP contribution in [0.5, 0.6) is 34.5 Å². The number of ether oxygens (including phenoxy) is 10. The summed E-state index contributed by atoms with van der Waals surface area (Å²) in [5.74, 6) is -7.21. The summed E-state index contributed by atoms with van der Waals surface area (Å²) in [5, 5.41) is 122. The van der Waals surface area contributed by atoms with Crippen LogP contribution in [-0.2, 0) is 46.5 Å². The number of rotatable bonds is 25. The first kappa shape index (κ1) is 75.7. The lowest BCUT2D eigenvalue weighted by Crippen LogP contribution is -2.61. The van der Waals surface area contributed by atoms with Crippen molar-refractivity contribution < 1.29 is 142 Å². The van der Waals surface area contributed by atoms with Gasteiger partial charge in [-0.1, -0.05) is 36.4 Å². The second-order valence-electron chi connectivity index (χ2n) is 25.4. The maximum atomic E-state index is 14.5. The molecule has 10 rings (SSSR count). The largest absolute Gasteiger partial charge is 0.504 e. The number of phenols is 1. The molecule has 6 aliphatic heterocycles. The zero-order valence-electron chi connectivity index (χ0n) is 56.1. The first-order valence-corrected chi connectivity index (χ1v) is 32.6. The molecule has 4 saturated heterocycles. The number of carbonyl (C=O) groups excluding carboxylic acids is 6. The molecule has 4 fully saturated rings. The number of anilines is 2. The molecule has 4 aromatic carbocycles. The van der Waals surface area contributed by atoms with Gasteiger partial charge in [0.05, 0.1) is 72.6 Å². The van der Waals surface area contributed by atoms with Crippen molar-refractivity contribution in [3.05, 3.63) is 118 Å². The zero-order chi connectivity index (χ0) is 74.6. The molecule has 13 N–H and O–H groups in total. The van der Waals surface area contributed by atoms with Crippen molar-refractivity contribution in [2.24, 2.45) is 0 Å². The predicted molar refractivity (Wildman–Crippen MR) is 350 cm³/mol. The van der Waals surface area contributed by atoms with Crippen LogP contribution in [0.25, 0.3) is 0 Å². The van der Waals surface area contributed by atoms with Crippen LogP contribution in [0.2, 0.25) is 0 Å². The van der Waals surface area contributed by atoms with Crippen molar-refractivity contribution in [2.75, 3.05) is 63.5 Å². The summed E-state index contributed by atoms with van der Waals surface area (Å²) in [5.41, 5.74) is 0.416. The van der Waals surface area contributed by atoms with Gasteiger partial charge in [0.1, 0.15) is 61.3 Å². The van der Waals surface area contributed by atoms with Crippen molar-refractivity contribution in [3.63, 3.8) is 0 Å². The van der Waals surface area contributed by atoms with E-state index in [0.29, 0.717) is 30.4 Å². The molecule has 4 aromatic rings. The number of phenolic OH excluding ortho intramolecular Hbond substituents is 1. The molecule has 0 aromatic heterocycles. The molecule has 14 atom stereocenters. The Hall–Kier alpha value is -9.92. The number of carbonyl (C=O) groups is 8. The normalized spacial score (nSPS) is 25.9. The van der Waals surface area contributed by atoms with Gasteiger partial charge in [-0.15, -0.1) is 0 Å². The number of aliphatic hydroxyl groups excluding tert-OH is 8. The monoisotopic (exact) mass is 1440 g/mol. The summed E-state index contributed by atoms with van der Waals surface area (Å²) in [7, 11) is 2.73. The molecular formula is C68H80N6O29. The van der Waals surface area contributed by atoms with E-state index in [0.717, 1.165) is 15.9 Å². The van der Waals surface area contributed by atoms with Crippen LogP contribution >= 0.6 is 0 Å². The molecule has 556 valence electrons. The lowest BCUT2D eigenvalue weighted by molar-refractivity contribution is -0.271. The smallest absolute Gasteiger partial charge is 0.416 e. The lowest BCUT2D eigenvalue weighted by Gasteiger charge is -2.38. The van der Waals surface area contributed by atoms with Gasteiger partial charge in [0, 0.05) is 44.9 Å². The molecule has 6 aliphatic rings. The fourth-order valence-electron chi connectivity index (χ4n) is 12.5. The number of benzene rings is 4. The molecule has 0 saturated carbocycles. The minimum absolute atomic E-state index is 0.00297. The third-order valence-electron chi connectivity index (χ3n) is 17.8. The minimum atomic E-state index is -2.03. The van der Waals surface area contributed by atoms with Crippen LogP contribution < -0.4 is 44.1 Å². The molecule has 103 heavy (non-hydrogen) atoms. The highest BCUT2D eigenvalue weighted by Gasteiger charge is 2.52. The van der Waals surface area contributed by atoms with Crippen LogP contribution in [0.4, 0.5) is 21.0 Å². The second-order valence-corrected chi connectivity index (χ2v) is 25.4. The number of carboxylic acid groups (broad SMARTS) is 2. The number of fused-ring (bicyclic) bond motifs is 4. The van der Waals surface area contributed by atoms with E-state index >= 15 is 0 Å². The van der Waals surface area contributed by atoms with Gasteiger partial charge >= 0.3 is 24.1 Å². The van der Waals surface area contributed by atoms with Gasteiger partial charge in [-0.3, -0.25) is 19.2 Å². The lowest BCUT2D eigenvalue weighted by atomic mass is 9.99. The molecular weight excluding hydrogens is 1360 g/mol. The van der Waals surface area contributed by atoms with Gasteiger partial charge in [-0.25, -0.2) is 29.0 Å². The fourth-order valence-corrected chi connectivity index (χ4v) is 12.5. The number of amides is 6. The Morgan fingerprint density at radius 1 is 0.563 bits per heavy atom. The van der Waals surface area contributed by atoms with E-state index in [-0.39, 0.29) is 126 Å². The van der Waals surface area contributed by atoms with Crippen molar-refractivity contribution in [1.29, 1.82) is 0 Å². The Balaban J connectivity index is 0.815. The Labute approximate surface area is 587 Å². The summed E-state index contributed by atoms with van der Waals surface area (Å²) in [6.07, 6.45) is -24.4. The summed E-state index contributed by atoms with van der Waals surface area (Å²) >= 11 is 0. The number of aromatic hydroxyl groups is 1. The summed E-state index contributed by atoms with van der Waals surface area (Å²) in [6, 6.07) is 10.2. The van der Waals surface area contributed by atoms with Gasteiger partial charge < -0.3 is 124 Å². The number of unbranched alkanes of at least 4 members (excludes halogenated alkanes) is 2. The molecule has 35 nitrogen and oxygen atoms in total. The third-order valence-corrected chi connectivity index (χ3v) is 17.8. The summed E-state index contributed by atoms with van der Waals surface area (Å²) < 4.78 is 56.5. The number of carboxylic acids is 2. The number of hydrogen-bond acceptors (Lipinski definition) is 27. The number of aliphatic hydroxyl groups is 8. The van der Waals surface area contributed by atoms with E-state index in [1.54, 1.807) is 13.8 Å². The topological polar surface area (TPSA) is 488 Å². The van der Waals surface area contributed by atoms with Crippen LogP contribution in [-0.4, -0.2) is 259 Å².